The number of imide groups is 1. The molecule has 182 valence electrons. The van der Waals surface area contributed by atoms with Gasteiger partial charge in [-0.3, -0.25) is 19.3 Å². The van der Waals surface area contributed by atoms with Gasteiger partial charge in [0.05, 0.1) is 29.8 Å². The van der Waals surface area contributed by atoms with Crippen molar-refractivity contribution in [2.24, 2.45) is 0 Å². The molecule has 0 atom stereocenters. The highest BCUT2D eigenvalue weighted by atomic mass is 32.2. The summed E-state index contributed by atoms with van der Waals surface area (Å²) in [5, 5.41) is 8.74. The lowest BCUT2D eigenvalue weighted by Gasteiger charge is -2.13. The van der Waals surface area contributed by atoms with Crippen molar-refractivity contribution in [3.63, 3.8) is 0 Å². The number of unbranched alkanes of at least 4 members (excludes halogenated alkanes) is 1. The van der Waals surface area contributed by atoms with Crippen LogP contribution in [0.4, 0.5) is 4.79 Å². The number of thioether (sulfide) groups is 1. The zero-order chi connectivity index (χ0) is 25.2. The van der Waals surface area contributed by atoms with E-state index in [0.29, 0.717) is 29.2 Å². The molecule has 0 radical (unpaired) electrons. The van der Waals surface area contributed by atoms with Gasteiger partial charge in [-0.25, -0.2) is 0 Å². The van der Waals surface area contributed by atoms with Crippen molar-refractivity contribution in [2.75, 3.05) is 19.8 Å². The number of rotatable bonds is 11. The molecule has 35 heavy (non-hydrogen) atoms. The van der Waals surface area contributed by atoms with Crippen molar-refractivity contribution in [3.8, 4) is 17.6 Å². The summed E-state index contributed by atoms with van der Waals surface area (Å²) in [7, 11) is 0. The minimum absolute atomic E-state index is 0.191. The zero-order valence-corrected chi connectivity index (χ0v) is 20.4. The van der Waals surface area contributed by atoms with Gasteiger partial charge in [-0.15, -0.1) is 0 Å². The normalized spacial score (nSPS) is 14.2. The average molecular weight is 495 g/mol. The van der Waals surface area contributed by atoms with E-state index in [2.05, 4.69) is 6.07 Å². The van der Waals surface area contributed by atoms with E-state index in [1.165, 1.54) is 0 Å². The number of carbonyl (C=O) groups excluding carboxylic acids is 3. The Bertz CT molecular complexity index is 1170. The quantitative estimate of drug-likeness (QED) is 0.246. The molecule has 0 bridgehead atoms. The van der Waals surface area contributed by atoms with Crippen molar-refractivity contribution in [3.05, 3.63) is 64.1 Å². The molecule has 0 unspecified atom stereocenters. The monoisotopic (exact) mass is 494 g/mol. The maximum Gasteiger partial charge on any atom is 0.326 e. The first kappa shape index (κ1) is 25.8. The fraction of sp³-hybridized carbons (Fsp3) is 0.308. The number of nitrogens with zero attached hydrogens (tertiary/aromatic N) is 2. The molecule has 8 nitrogen and oxygen atoms in total. The van der Waals surface area contributed by atoms with Gasteiger partial charge in [-0.05, 0) is 54.9 Å². The first-order valence-corrected chi connectivity index (χ1v) is 12.1. The van der Waals surface area contributed by atoms with Crippen molar-refractivity contribution in [2.45, 2.75) is 33.3 Å². The highest BCUT2D eigenvalue weighted by molar-refractivity contribution is 8.18. The summed E-state index contributed by atoms with van der Waals surface area (Å²) >= 11 is 0.770. The largest absolute Gasteiger partial charge is 0.490 e. The molecular formula is C26H26N2O6S. The molecule has 0 aromatic heterocycles. The molecule has 1 fully saturated rings. The summed E-state index contributed by atoms with van der Waals surface area (Å²) in [4.78, 5) is 38.0. The van der Waals surface area contributed by atoms with Crippen molar-refractivity contribution in [1.82, 2.24) is 4.90 Å². The fourth-order valence-corrected chi connectivity index (χ4v) is 4.04. The van der Waals surface area contributed by atoms with Gasteiger partial charge in [0.2, 0.25) is 0 Å². The van der Waals surface area contributed by atoms with Crippen LogP contribution >= 0.6 is 11.8 Å². The Kier molecular flexibility index (Phi) is 9.32. The molecule has 0 spiro atoms. The Balaban J connectivity index is 1.72. The van der Waals surface area contributed by atoms with Gasteiger partial charge in [0.25, 0.3) is 11.1 Å². The summed E-state index contributed by atoms with van der Waals surface area (Å²) in [5.74, 6) is -0.201. The maximum atomic E-state index is 12.7. The van der Waals surface area contributed by atoms with Gasteiger partial charge in [-0.1, -0.05) is 37.6 Å². The third-order valence-electron chi connectivity index (χ3n) is 5.01. The summed E-state index contributed by atoms with van der Waals surface area (Å²) in [6.07, 6.45) is 3.17. The summed E-state index contributed by atoms with van der Waals surface area (Å²) in [6, 6.07) is 14.5. The van der Waals surface area contributed by atoms with E-state index >= 15 is 0 Å². The number of hydrogen-bond acceptors (Lipinski definition) is 8. The first-order chi connectivity index (χ1) is 17.0. The molecule has 2 amide bonds. The number of ether oxygens (including phenoxy) is 3. The third kappa shape index (κ3) is 6.87. The number of amides is 2. The van der Waals surface area contributed by atoms with E-state index < -0.39 is 23.7 Å². The predicted octanol–water partition coefficient (Wildman–Crippen LogP) is 4.92. The highest BCUT2D eigenvalue weighted by Gasteiger charge is 2.36. The molecule has 1 saturated heterocycles. The summed E-state index contributed by atoms with van der Waals surface area (Å²) in [6.45, 7) is 4.25. The van der Waals surface area contributed by atoms with E-state index in [1.54, 1.807) is 36.4 Å². The molecule has 1 aliphatic heterocycles. The Morgan fingerprint density at radius 2 is 1.91 bits per heavy atom. The lowest BCUT2D eigenvalue weighted by molar-refractivity contribution is -0.146. The van der Waals surface area contributed by atoms with Gasteiger partial charge >= 0.3 is 5.97 Å². The first-order valence-electron chi connectivity index (χ1n) is 11.3. The number of hydrogen-bond donors (Lipinski definition) is 0. The topological polar surface area (TPSA) is 106 Å². The average Bonchev–Trinajstić information content (AvgIpc) is 3.11. The van der Waals surface area contributed by atoms with Gasteiger partial charge in [0.15, 0.2) is 11.5 Å². The molecule has 2 aromatic carbocycles. The number of nitriles is 1. The summed E-state index contributed by atoms with van der Waals surface area (Å²) < 4.78 is 16.7. The Morgan fingerprint density at radius 3 is 2.66 bits per heavy atom. The van der Waals surface area contributed by atoms with Gasteiger partial charge in [-0.2, -0.15) is 5.26 Å². The van der Waals surface area contributed by atoms with Gasteiger partial charge in [0, 0.05) is 5.56 Å². The van der Waals surface area contributed by atoms with E-state index in [4.69, 9.17) is 14.2 Å². The van der Waals surface area contributed by atoms with Crippen LogP contribution in [0.2, 0.25) is 0 Å². The highest BCUT2D eigenvalue weighted by Crippen LogP contribution is 2.35. The second-order valence-electron chi connectivity index (χ2n) is 7.54. The van der Waals surface area contributed by atoms with Crippen molar-refractivity contribution in [1.29, 1.82) is 5.26 Å². The SMILES string of the molecule is CCCCOC(=O)CN1C(=O)S/C(=C/c2ccc(OCc3ccccc3C#N)c(OCC)c2)C1=O. The molecule has 0 saturated carbocycles. The lowest BCUT2D eigenvalue weighted by atomic mass is 10.1. The third-order valence-corrected chi connectivity index (χ3v) is 5.92. The van der Waals surface area contributed by atoms with Crippen LogP contribution in [0.1, 0.15) is 43.4 Å². The molecule has 3 rings (SSSR count). The Labute approximate surface area is 208 Å². The molecule has 9 heteroatoms. The van der Waals surface area contributed by atoms with Crippen LogP contribution in [0.15, 0.2) is 47.4 Å². The minimum atomic E-state index is -0.611. The standard InChI is InChI=1S/C26H26N2O6S/c1-3-5-12-33-24(29)16-28-25(30)23(35-26(28)31)14-18-10-11-21(22(13-18)32-4-2)34-17-20-9-7-6-8-19(20)15-27/h6-11,13-14H,3-5,12,16-17H2,1-2H3/b23-14+. The number of benzene rings is 2. The number of esters is 1. The fourth-order valence-electron chi connectivity index (χ4n) is 3.21. The summed E-state index contributed by atoms with van der Waals surface area (Å²) in [5.41, 5.74) is 1.92. The van der Waals surface area contributed by atoms with Crippen LogP contribution in [-0.4, -0.2) is 41.8 Å². The van der Waals surface area contributed by atoms with Crippen LogP contribution in [0.5, 0.6) is 11.5 Å². The van der Waals surface area contributed by atoms with Crippen LogP contribution in [0.25, 0.3) is 6.08 Å². The molecule has 1 heterocycles. The van der Waals surface area contributed by atoms with Crippen LogP contribution in [0.3, 0.4) is 0 Å². The van der Waals surface area contributed by atoms with Gasteiger partial charge < -0.3 is 14.2 Å². The van der Waals surface area contributed by atoms with Crippen molar-refractivity contribution >= 4 is 35.0 Å². The molecular weight excluding hydrogens is 468 g/mol. The predicted molar refractivity (Wildman–Crippen MR) is 132 cm³/mol. The Hall–Kier alpha value is -3.77. The van der Waals surface area contributed by atoms with Crippen LogP contribution in [0, 0.1) is 11.3 Å². The lowest BCUT2D eigenvalue weighted by Crippen LogP contribution is -2.34. The maximum absolute atomic E-state index is 12.7. The molecule has 0 N–H and O–H groups in total. The van der Waals surface area contributed by atoms with Gasteiger partial charge in [0.1, 0.15) is 13.2 Å². The van der Waals surface area contributed by atoms with Crippen molar-refractivity contribution < 1.29 is 28.6 Å². The molecule has 0 aliphatic carbocycles. The molecule has 1 aliphatic rings. The van der Waals surface area contributed by atoms with Crippen LogP contribution in [-0.2, 0) is 20.9 Å². The van der Waals surface area contributed by atoms with E-state index in [9.17, 15) is 19.6 Å². The minimum Gasteiger partial charge on any atom is -0.490 e. The second-order valence-corrected chi connectivity index (χ2v) is 8.53. The van der Waals surface area contributed by atoms with E-state index in [1.807, 2.05) is 26.0 Å². The second kappa shape index (κ2) is 12.6. The van der Waals surface area contributed by atoms with E-state index in [-0.39, 0.29) is 18.1 Å². The van der Waals surface area contributed by atoms with E-state index in [0.717, 1.165) is 35.1 Å². The smallest absolute Gasteiger partial charge is 0.326 e. The van der Waals surface area contributed by atoms with Crippen LogP contribution < -0.4 is 9.47 Å². The molecule has 2 aromatic rings. The number of carbonyl (C=O) groups is 3. The Morgan fingerprint density at radius 1 is 1.11 bits per heavy atom. The zero-order valence-electron chi connectivity index (χ0n) is 19.6.